The van der Waals surface area contributed by atoms with E-state index in [9.17, 15) is 9.59 Å². The molecule has 1 amide bonds. The van der Waals surface area contributed by atoms with E-state index in [2.05, 4.69) is 4.99 Å². The predicted octanol–water partition coefficient (Wildman–Crippen LogP) is 3.68. The summed E-state index contributed by atoms with van der Waals surface area (Å²) in [5.74, 6) is -0.219. The lowest BCUT2D eigenvalue weighted by Gasteiger charge is -2.04. The molecule has 144 valence electrons. The molecule has 0 atom stereocenters. The molecule has 0 aliphatic rings. The second-order valence-corrected chi connectivity index (χ2v) is 7.10. The van der Waals surface area contributed by atoms with E-state index >= 15 is 0 Å². The summed E-state index contributed by atoms with van der Waals surface area (Å²) in [4.78, 5) is 28.7. The standard InChI is InChI=1S/C20H17ClN2O4S/c1-26-14-8-9-16-17(11-14)28-20(23(16)12-19(25)27-2)22-18(24)10-7-13-5-3-4-6-15(13)21/h3-11H,12H2,1-2H3/b10-7+,22-20?. The number of fused-ring (bicyclic) bond motifs is 1. The molecule has 1 heterocycles. The highest BCUT2D eigenvalue weighted by molar-refractivity contribution is 7.16. The summed E-state index contributed by atoms with van der Waals surface area (Å²) in [5.41, 5.74) is 1.48. The largest absolute Gasteiger partial charge is 0.497 e. The molecule has 28 heavy (non-hydrogen) atoms. The number of benzene rings is 2. The molecule has 0 fully saturated rings. The number of thiazole rings is 1. The zero-order chi connectivity index (χ0) is 20.1. The molecule has 0 unspecified atom stereocenters. The molecule has 0 aliphatic heterocycles. The van der Waals surface area contributed by atoms with Crippen LogP contribution in [0.4, 0.5) is 0 Å². The number of hydrogen-bond acceptors (Lipinski definition) is 5. The van der Waals surface area contributed by atoms with E-state index < -0.39 is 11.9 Å². The fraction of sp³-hybridized carbons (Fsp3) is 0.150. The zero-order valence-electron chi connectivity index (χ0n) is 15.2. The van der Waals surface area contributed by atoms with Crippen molar-refractivity contribution in [1.29, 1.82) is 0 Å². The van der Waals surface area contributed by atoms with Crippen LogP contribution < -0.4 is 9.54 Å². The minimum absolute atomic E-state index is 0.0524. The maximum absolute atomic E-state index is 12.4. The first kappa shape index (κ1) is 19.9. The van der Waals surface area contributed by atoms with Crippen molar-refractivity contribution in [3.8, 4) is 5.75 Å². The van der Waals surface area contributed by atoms with Crippen LogP contribution in [0.25, 0.3) is 16.3 Å². The first-order valence-electron chi connectivity index (χ1n) is 8.27. The Morgan fingerprint density at radius 2 is 2.00 bits per heavy atom. The van der Waals surface area contributed by atoms with Crippen molar-refractivity contribution in [2.75, 3.05) is 14.2 Å². The second-order valence-electron chi connectivity index (χ2n) is 5.69. The zero-order valence-corrected chi connectivity index (χ0v) is 16.8. The summed E-state index contributed by atoms with van der Waals surface area (Å²) < 4.78 is 12.5. The summed E-state index contributed by atoms with van der Waals surface area (Å²) >= 11 is 7.38. The molecule has 0 saturated heterocycles. The molecule has 0 bridgehead atoms. The van der Waals surface area contributed by atoms with Crippen molar-refractivity contribution in [2.45, 2.75) is 6.54 Å². The number of ether oxygens (including phenoxy) is 2. The average molecular weight is 417 g/mol. The second kappa shape index (κ2) is 8.86. The van der Waals surface area contributed by atoms with Crippen molar-refractivity contribution >= 4 is 51.1 Å². The number of esters is 1. The Morgan fingerprint density at radius 3 is 2.71 bits per heavy atom. The summed E-state index contributed by atoms with van der Waals surface area (Å²) in [6.45, 7) is -0.0524. The van der Waals surface area contributed by atoms with Crippen LogP contribution in [-0.2, 0) is 20.9 Å². The third kappa shape index (κ3) is 4.49. The van der Waals surface area contributed by atoms with E-state index in [1.54, 1.807) is 36.0 Å². The van der Waals surface area contributed by atoms with Gasteiger partial charge < -0.3 is 14.0 Å². The van der Waals surface area contributed by atoms with Gasteiger partial charge in [0, 0.05) is 11.1 Å². The number of amides is 1. The van der Waals surface area contributed by atoms with Gasteiger partial charge in [0.2, 0.25) is 0 Å². The molecule has 0 saturated carbocycles. The van der Waals surface area contributed by atoms with Crippen molar-refractivity contribution in [1.82, 2.24) is 4.57 Å². The molecular weight excluding hydrogens is 400 g/mol. The van der Waals surface area contributed by atoms with E-state index in [1.807, 2.05) is 24.3 Å². The van der Waals surface area contributed by atoms with Crippen LogP contribution in [0.1, 0.15) is 5.56 Å². The molecule has 3 rings (SSSR count). The summed E-state index contributed by atoms with van der Waals surface area (Å²) in [6.07, 6.45) is 2.95. The Balaban J connectivity index is 2.02. The first-order chi connectivity index (χ1) is 13.5. The molecule has 0 N–H and O–H groups in total. The van der Waals surface area contributed by atoms with Crippen LogP contribution in [0.5, 0.6) is 5.75 Å². The highest BCUT2D eigenvalue weighted by Gasteiger charge is 2.12. The van der Waals surface area contributed by atoms with Gasteiger partial charge in [0.15, 0.2) is 4.80 Å². The van der Waals surface area contributed by atoms with Crippen molar-refractivity contribution in [3.63, 3.8) is 0 Å². The fourth-order valence-electron chi connectivity index (χ4n) is 2.52. The number of carbonyl (C=O) groups excluding carboxylic acids is 2. The van der Waals surface area contributed by atoms with Crippen molar-refractivity contribution in [3.05, 3.63) is 63.9 Å². The molecule has 8 heteroatoms. The molecule has 0 aliphatic carbocycles. The van der Waals surface area contributed by atoms with Crippen molar-refractivity contribution in [2.24, 2.45) is 4.99 Å². The van der Waals surface area contributed by atoms with Crippen LogP contribution in [0.3, 0.4) is 0 Å². The lowest BCUT2D eigenvalue weighted by molar-refractivity contribution is -0.141. The Morgan fingerprint density at radius 1 is 1.21 bits per heavy atom. The van der Waals surface area contributed by atoms with Gasteiger partial charge in [0.1, 0.15) is 12.3 Å². The van der Waals surface area contributed by atoms with Gasteiger partial charge in [-0.3, -0.25) is 9.59 Å². The van der Waals surface area contributed by atoms with E-state index in [4.69, 9.17) is 21.1 Å². The summed E-state index contributed by atoms with van der Waals surface area (Å²) in [5, 5.41) is 0.543. The lowest BCUT2D eigenvalue weighted by Crippen LogP contribution is -2.22. The molecule has 0 spiro atoms. The highest BCUT2D eigenvalue weighted by Crippen LogP contribution is 2.23. The monoisotopic (exact) mass is 416 g/mol. The minimum Gasteiger partial charge on any atom is -0.497 e. The predicted molar refractivity (Wildman–Crippen MR) is 109 cm³/mol. The van der Waals surface area contributed by atoms with Crippen molar-refractivity contribution < 1.29 is 19.1 Å². The average Bonchev–Trinajstić information content (AvgIpc) is 3.03. The molecular formula is C20H17ClN2O4S. The van der Waals surface area contributed by atoms with E-state index in [-0.39, 0.29) is 6.54 Å². The first-order valence-corrected chi connectivity index (χ1v) is 9.46. The van der Waals surface area contributed by atoms with Crippen LogP contribution in [0.15, 0.2) is 53.5 Å². The number of carbonyl (C=O) groups is 2. The van der Waals surface area contributed by atoms with Gasteiger partial charge in [-0.25, -0.2) is 0 Å². The molecule has 2 aromatic carbocycles. The van der Waals surface area contributed by atoms with E-state index in [0.717, 1.165) is 15.8 Å². The third-order valence-corrected chi connectivity index (χ3v) is 5.31. The van der Waals surface area contributed by atoms with E-state index in [1.165, 1.54) is 24.5 Å². The Hall–Kier alpha value is -2.90. The summed E-state index contributed by atoms with van der Waals surface area (Å²) in [7, 11) is 2.89. The van der Waals surface area contributed by atoms with Gasteiger partial charge in [0.05, 0.1) is 24.4 Å². The van der Waals surface area contributed by atoms with E-state index in [0.29, 0.717) is 15.6 Å². The normalized spacial score (nSPS) is 11.9. The molecule has 6 nitrogen and oxygen atoms in total. The third-order valence-electron chi connectivity index (χ3n) is 3.92. The SMILES string of the molecule is COC(=O)Cn1c(=NC(=O)/C=C/c2ccccc2Cl)sc2cc(OC)ccc21. The summed E-state index contributed by atoms with van der Waals surface area (Å²) in [6, 6.07) is 12.6. The maximum atomic E-state index is 12.4. The Labute approximate surface area is 170 Å². The molecule has 3 aromatic rings. The Bertz CT molecular complexity index is 1130. The molecule has 1 aromatic heterocycles. The van der Waals surface area contributed by atoms with Crippen LogP contribution in [0, 0.1) is 0 Å². The number of rotatable bonds is 5. The topological polar surface area (TPSA) is 69.9 Å². The Kier molecular flexibility index (Phi) is 6.28. The number of methoxy groups -OCH3 is 2. The highest BCUT2D eigenvalue weighted by atomic mass is 35.5. The van der Waals surface area contributed by atoms with Gasteiger partial charge in [-0.1, -0.05) is 41.1 Å². The van der Waals surface area contributed by atoms with Crippen LogP contribution >= 0.6 is 22.9 Å². The number of nitrogens with zero attached hydrogens (tertiary/aromatic N) is 2. The van der Waals surface area contributed by atoms with Gasteiger partial charge in [0.25, 0.3) is 5.91 Å². The van der Waals surface area contributed by atoms with Gasteiger partial charge in [-0.2, -0.15) is 4.99 Å². The minimum atomic E-state index is -0.461. The fourth-order valence-corrected chi connectivity index (χ4v) is 3.78. The smallest absolute Gasteiger partial charge is 0.325 e. The number of aromatic nitrogens is 1. The van der Waals surface area contributed by atoms with Crippen LogP contribution in [-0.4, -0.2) is 30.7 Å². The number of halogens is 1. The van der Waals surface area contributed by atoms with Gasteiger partial charge in [-0.05, 0) is 35.9 Å². The number of hydrogen-bond donors (Lipinski definition) is 0. The van der Waals surface area contributed by atoms with Gasteiger partial charge in [-0.15, -0.1) is 0 Å². The molecule has 0 radical (unpaired) electrons. The van der Waals surface area contributed by atoms with Crippen LogP contribution in [0.2, 0.25) is 5.02 Å². The maximum Gasteiger partial charge on any atom is 0.325 e. The lowest BCUT2D eigenvalue weighted by atomic mass is 10.2. The van der Waals surface area contributed by atoms with Gasteiger partial charge >= 0.3 is 5.97 Å². The quantitative estimate of drug-likeness (QED) is 0.470.